The van der Waals surface area contributed by atoms with Gasteiger partial charge in [0, 0.05) is 25.2 Å². The highest BCUT2D eigenvalue weighted by molar-refractivity contribution is 14.0. The molecule has 0 spiro atoms. The van der Waals surface area contributed by atoms with Gasteiger partial charge in [-0.3, -0.25) is 4.79 Å². The number of guanidine groups is 1. The predicted octanol–water partition coefficient (Wildman–Crippen LogP) is 3.93. The number of nitrogens with zero attached hydrogens (tertiary/aromatic N) is 2. The average molecular weight is 554 g/mol. The molecule has 0 aliphatic carbocycles. The molecule has 0 heterocycles. The summed E-state index contributed by atoms with van der Waals surface area (Å²) in [5.74, 6) is 2.39. The average Bonchev–Trinajstić information content (AvgIpc) is 2.81. The van der Waals surface area contributed by atoms with Crippen LogP contribution in [-0.2, 0) is 6.54 Å². The lowest BCUT2D eigenvalue weighted by Gasteiger charge is -2.18. The summed E-state index contributed by atoms with van der Waals surface area (Å²) in [7, 11) is 1.64. The molecule has 32 heavy (non-hydrogen) atoms. The van der Waals surface area contributed by atoms with E-state index in [-0.39, 0.29) is 29.9 Å². The second kappa shape index (κ2) is 15.3. The number of aliphatic imine (C=N–C) groups is 1. The van der Waals surface area contributed by atoms with Gasteiger partial charge in [-0.25, -0.2) is 4.99 Å². The first-order valence-corrected chi connectivity index (χ1v) is 10.8. The summed E-state index contributed by atoms with van der Waals surface area (Å²) < 4.78 is 10.9. The zero-order chi connectivity index (χ0) is 22.5. The van der Waals surface area contributed by atoms with Crippen LogP contribution in [-0.4, -0.2) is 56.7 Å². The lowest BCUT2D eigenvalue weighted by molar-refractivity contribution is 0.0773. The first-order chi connectivity index (χ1) is 15.1. The number of nitrogens with one attached hydrogen (secondary N) is 2. The van der Waals surface area contributed by atoms with Gasteiger partial charge in [0.15, 0.2) is 5.96 Å². The molecule has 0 aliphatic rings. The van der Waals surface area contributed by atoms with E-state index in [0.29, 0.717) is 38.3 Å². The highest BCUT2D eigenvalue weighted by atomic mass is 127. The van der Waals surface area contributed by atoms with Gasteiger partial charge in [-0.15, -0.1) is 24.0 Å². The minimum atomic E-state index is 0. The number of carbonyl (C=O) groups is 1. The van der Waals surface area contributed by atoms with E-state index in [1.165, 1.54) is 0 Å². The number of carbonyl (C=O) groups excluding carboxylic acids is 1. The fraction of sp³-hybridized carbons (Fsp3) is 0.417. The van der Waals surface area contributed by atoms with Crippen molar-refractivity contribution >= 4 is 35.8 Å². The van der Waals surface area contributed by atoms with E-state index >= 15 is 0 Å². The van der Waals surface area contributed by atoms with Crippen molar-refractivity contribution in [2.45, 2.75) is 27.3 Å². The van der Waals surface area contributed by atoms with Crippen LogP contribution in [0.25, 0.3) is 0 Å². The number of hydrogen-bond acceptors (Lipinski definition) is 4. The van der Waals surface area contributed by atoms with Crippen molar-refractivity contribution in [2.75, 3.05) is 39.9 Å². The molecule has 0 fully saturated rings. The third-order valence-electron chi connectivity index (χ3n) is 4.74. The summed E-state index contributed by atoms with van der Waals surface area (Å²) in [6.07, 6.45) is 0. The van der Waals surface area contributed by atoms with Crippen LogP contribution in [0.4, 0.5) is 0 Å². The molecule has 1 amide bonds. The van der Waals surface area contributed by atoms with Gasteiger partial charge in [-0.05, 0) is 62.7 Å². The summed E-state index contributed by atoms with van der Waals surface area (Å²) in [6.45, 7) is 9.84. The first-order valence-electron chi connectivity index (χ1n) is 10.8. The van der Waals surface area contributed by atoms with E-state index in [2.05, 4.69) is 15.6 Å². The first kappa shape index (κ1) is 27.5. The number of amides is 1. The van der Waals surface area contributed by atoms with Gasteiger partial charge in [0.2, 0.25) is 0 Å². The summed E-state index contributed by atoms with van der Waals surface area (Å²) in [6, 6.07) is 15.2. The summed E-state index contributed by atoms with van der Waals surface area (Å²) in [4.78, 5) is 18.8. The number of halogens is 1. The van der Waals surface area contributed by atoms with Crippen molar-refractivity contribution in [3.63, 3.8) is 0 Å². The van der Waals surface area contributed by atoms with Crippen molar-refractivity contribution < 1.29 is 14.3 Å². The Morgan fingerprint density at radius 1 is 0.938 bits per heavy atom. The van der Waals surface area contributed by atoms with Gasteiger partial charge in [0.25, 0.3) is 5.91 Å². The predicted molar refractivity (Wildman–Crippen MR) is 140 cm³/mol. The van der Waals surface area contributed by atoms with Crippen LogP contribution in [0.3, 0.4) is 0 Å². The van der Waals surface area contributed by atoms with E-state index in [1.807, 2.05) is 74.2 Å². The molecule has 0 radical (unpaired) electrons. The minimum absolute atomic E-state index is 0. The molecule has 0 saturated carbocycles. The second-order valence-electron chi connectivity index (χ2n) is 6.82. The van der Waals surface area contributed by atoms with E-state index in [4.69, 9.17) is 9.47 Å². The Kier molecular flexibility index (Phi) is 13.2. The summed E-state index contributed by atoms with van der Waals surface area (Å²) >= 11 is 0. The molecule has 0 saturated heterocycles. The highest BCUT2D eigenvalue weighted by Crippen LogP contribution is 2.16. The van der Waals surface area contributed by atoms with E-state index in [0.717, 1.165) is 29.6 Å². The van der Waals surface area contributed by atoms with Gasteiger partial charge in [-0.2, -0.15) is 0 Å². The molecule has 0 bridgehead atoms. The fourth-order valence-corrected chi connectivity index (χ4v) is 2.97. The van der Waals surface area contributed by atoms with Gasteiger partial charge in [0.05, 0.1) is 20.2 Å². The molecule has 176 valence electrons. The zero-order valence-corrected chi connectivity index (χ0v) is 21.7. The number of hydrogen-bond donors (Lipinski definition) is 2. The van der Waals surface area contributed by atoms with Crippen LogP contribution in [0, 0.1) is 0 Å². The molecule has 2 N–H and O–H groups in total. The Labute approximate surface area is 208 Å². The van der Waals surface area contributed by atoms with Crippen molar-refractivity contribution in [2.24, 2.45) is 4.99 Å². The summed E-state index contributed by atoms with van der Waals surface area (Å²) in [5.41, 5.74) is 1.75. The van der Waals surface area contributed by atoms with Gasteiger partial charge in [-0.1, -0.05) is 12.1 Å². The van der Waals surface area contributed by atoms with Gasteiger partial charge in [0.1, 0.15) is 18.1 Å². The van der Waals surface area contributed by atoms with Gasteiger partial charge >= 0.3 is 0 Å². The minimum Gasteiger partial charge on any atom is -0.497 e. The molecule has 2 aromatic rings. The lowest BCUT2D eigenvalue weighted by Crippen LogP contribution is -2.39. The van der Waals surface area contributed by atoms with Crippen molar-refractivity contribution in [1.82, 2.24) is 15.5 Å². The summed E-state index contributed by atoms with van der Waals surface area (Å²) in [5, 5.41) is 6.50. The Morgan fingerprint density at radius 3 is 2.12 bits per heavy atom. The second-order valence-corrected chi connectivity index (χ2v) is 6.82. The number of methoxy groups -OCH3 is 1. The van der Waals surface area contributed by atoms with Crippen LogP contribution in [0.1, 0.15) is 36.7 Å². The molecule has 2 rings (SSSR count). The smallest absolute Gasteiger partial charge is 0.253 e. The quantitative estimate of drug-likeness (QED) is 0.191. The Bertz CT molecular complexity index is 822. The molecular formula is C24H35IN4O3. The standard InChI is InChI=1S/C24H34N4O3.HI/c1-5-25-24(26-16-17-31-22-14-12-21(30-4)13-15-22)27-18-19-8-10-20(11-9-19)23(29)28(6-2)7-3;/h8-15H,5-7,16-18H2,1-4H3,(H2,25,26,27);1H. The largest absolute Gasteiger partial charge is 0.497 e. The molecule has 0 aliphatic heterocycles. The maximum Gasteiger partial charge on any atom is 0.253 e. The molecule has 8 heteroatoms. The van der Waals surface area contributed by atoms with Crippen molar-refractivity contribution in [3.05, 3.63) is 59.7 Å². The van der Waals surface area contributed by atoms with E-state index < -0.39 is 0 Å². The van der Waals surface area contributed by atoms with Crippen LogP contribution >= 0.6 is 24.0 Å². The monoisotopic (exact) mass is 554 g/mol. The van der Waals surface area contributed by atoms with Crippen molar-refractivity contribution in [3.8, 4) is 11.5 Å². The topological polar surface area (TPSA) is 75.2 Å². The van der Waals surface area contributed by atoms with Crippen LogP contribution in [0.5, 0.6) is 11.5 Å². The molecular weight excluding hydrogens is 519 g/mol. The van der Waals surface area contributed by atoms with Crippen molar-refractivity contribution in [1.29, 1.82) is 0 Å². The Morgan fingerprint density at radius 2 is 1.56 bits per heavy atom. The van der Waals surface area contributed by atoms with Crippen LogP contribution in [0.2, 0.25) is 0 Å². The van der Waals surface area contributed by atoms with Crippen LogP contribution < -0.4 is 20.1 Å². The maximum absolute atomic E-state index is 12.4. The molecule has 0 atom stereocenters. The number of rotatable bonds is 11. The fourth-order valence-electron chi connectivity index (χ4n) is 2.97. The molecule has 0 unspecified atom stereocenters. The third-order valence-corrected chi connectivity index (χ3v) is 4.74. The Balaban J connectivity index is 0.00000512. The third kappa shape index (κ3) is 8.94. The van der Waals surface area contributed by atoms with E-state index in [9.17, 15) is 4.79 Å². The normalized spacial score (nSPS) is 10.7. The maximum atomic E-state index is 12.4. The lowest BCUT2D eigenvalue weighted by atomic mass is 10.1. The Hall–Kier alpha value is -2.49. The number of benzene rings is 2. The zero-order valence-electron chi connectivity index (χ0n) is 19.4. The molecule has 7 nitrogen and oxygen atoms in total. The number of ether oxygens (including phenoxy) is 2. The molecule has 2 aromatic carbocycles. The molecule has 0 aromatic heterocycles. The van der Waals surface area contributed by atoms with Crippen LogP contribution in [0.15, 0.2) is 53.5 Å². The highest BCUT2D eigenvalue weighted by Gasteiger charge is 2.11. The van der Waals surface area contributed by atoms with Gasteiger partial charge < -0.3 is 25.0 Å². The van der Waals surface area contributed by atoms with E-state index in [1.54, 1.807) is 7.11 Å². The SMILES string of the molecule is CCNC(=NCc1ccc(C(=O)N(CC)CC)cc1)NCCOc1ccc(OC)cc1.I.